The van der Waals surface area contributed by atoms with Crippen LogP contribution in [0.5, 0.6) is 0 Å². The topological polar surface area (TPSA) is 66.7 Å². The fraction of sp³-hybridized carbons (Fsp3) is 0.176. The van der Waals surface area contributed by atoms with Crippen molar-refractivity contribution in [1.82, 2.24) is 0 Å². The predicted octanol–water partition coefficient (Wildman–Crippen LogP) is 7.91. The summed E-state index contributed by atoms with van der Waals surface area (Å²) < 4.78 is 14.2. The molecule has 1 atom stereocenters. The summed E-state index contributed by atoms with van der Waals surface area (Å²) in [5.74, 6) is 0. The summed E-state index contributed by atoms with van der Waals surface area (Å²) in [6.45, 7) is 15.2. The van der Waals surface area contributed by atoms with Gasteiger partial charge in [0.2, 0.25) is 0 Å². The second-order valence-electron chi connectivity index (χ2n) is 10.4. The zero-order chi connectivity index (χ0) is 30.6. The van der Waals surface area contributed by atoms with Crippen LogP contribution in [0.4, 0.5) is 17.1 Å². The summed E-state index contributed by atoms with van der Waals surface area (Å²) in [7, 11) is -1.34. The summed E-state index contributed by atoms with van der Waals surface area (Å²) in [5.41, 5.74) is 11.3. The van der Waals surface area contributed by atoms with Gasteiger partial charge in [-0.25, -0.2) is 0 Å². The molecule has 0 aromatic heterocycles. The van der Waals surface area contributed by atoms with E-state index in [1.165, 1.54) is 69.0 Å². The van der Waals surface area contributed by atoms with Gasteiger partial charge in [0, 0.05) is 11.4 Å². The van der Waals surface area contributed by atoms with Crippen LogP contribution in [0.2, 0.25) is 0 Å². The third-order valence-corrected chi connectivity index (χ3v) is 8.93. The molecule has 0 bridgehead atoms. The number of benzene rings is 4. The zero-order valence-electron chi connectivity index (χ0n) is 24.6. The molecule has 4 aromatic carbocycles. The first kappa shape index (κ1) is 31.2. The Labute approximate surface area is 260 Å². The van der Waals surface area contributed by atoms with Crippen molar-refractivity contribution < 1.29 is 27.0 Å². The fourth-order valence-electron chi connectivity index (χ4n) is 5.33. The van der Waals surface area contributed by atoms with Crippen molar-refractivity contribution in [3.8, 4) is 0 Å². The summed E-state index contributed by atoms with van der Waals surface area (Å²) in [6, 6.07) is 22.1. The number of hydrogen-bond donors (Lipinski definition) is 0. The van der Waals surface area contributed by atoms with Crippen LogP contribution in [0, 0.1) is 58.3 Å². The summed E-state index contributed by atoms with van der Waals surface area (Å²) >= 11 is 2.38. The molecule has 0 amide bonds. The number of non-ortho nitro benzene ring substituents is 1. The molecular weight excluding hydrogens is 632 g/mol. The van der Waals surface area contributed by atoms with E-state index >= 15 is 0 Å². The van der Waals surface area contributed by atoms with Crippen molar-refractivity contribution in [3.05, 3.63) is 141 Å². The summed E-state index contributed by atoms with van der Waals surface area (Å²) in [4.78, 5) is 15.8. The Bertz CT molecular complexity index is 1590. The van der Waals surface area contributed by atoms with Gasteiger partial charge in [-0.05, 0) is 76.2 Å². The van der Waals surface area contributed by atoms with Crippen molar-refractivity contribution in [2.75, 3.05) is 9.80 Å². The second kappa shape index (κ2) is 13.5. The molecule has 0 saturated heterocycles. The number of nitro benzene ring substituents is 1. The number of hydrogen-bond acceptors (Lipinski definition) is 5. The van der Waals surface area contributed by atoms with Crippen molar-refractivity contribution in [3.63, 3.8) is 0 Å². The van der Waals surface area contributed by atoms with E-state index in [1.54, 1.807) is 6.07 Å². The molecule has 1 heterocycles. The summed E-state index contributed by atoms with van der Waals surface area (Å²) in [6.07, 6.45) is 4.28. The monoisotopic (exact) mass is 666 g/mol. The molecule has 0 spiro atoms. The molecule has 1 aliphatic rings. The Morgan fingerprint density at radius 3 is 1.64 bits per heavy atom. The second-order valence-corrected chi connectivity index (χ2v) is 12.3. The Morgan fingerprint density at radius 1 is 0.762 bits per heavy atom. The van der Waals surface area contributed by atoms with Crippen LogP contribution in [-0.4, -0.2) is 13.7 Å². The van der Waals surface area contributed by atoms with Crippen LogP contribution in [0.1, 0.15) is 38.9 Å². The Morgan fingerprint density at radius 2 is 1.21 bits per heavy atom. The van der Waals surface area contributed by atoms with Gasteiger partial charge in [-0.1, -0.05) is 35.4 Å². The van der Waals surface area contributed by atoms with Gasteiger partial charge in [-0.2, -0.15) is 0 Å². The van der Waals surface area contributed by atoms with Gasteiger partial charge in [-0.15, -0.1) is 6.67 Å². The minimum atomic E-state index is -1.34. The van der Waals surface area contributed by atoms with Gasteiger partial charge in [-0.3, -0.25) is 0 Å². The number of aryl methyl sites for hydroxylation is 6. The molecule has 217 valence electrons. The number of anilines is 2. The van der Waals surface area contributed by atoms with Crippen molar-refractivity contribution in [2.24, 2.45) is 0 Å². The van der Waals surface area contributed by atoms with Crippen LogP contribution < -0.4 is 9.80 Å². The van der Waals surface area contributed by atoms with E-state index in [9.17, 15) is 14.3 Å². The van der Waals surface area contributed by atoms with Crippen LogP contribution in [0.25, 0.3) is 0 Å². The van der Waals surface area contributed by atoms with Crippen LogP contribution in [-0.2, 0) is 28.7 Å². The summed E-state index contributed by atoms with van der Waals surface area (Å²) in [5, 5.41) is 10.6. The first-order valence-corrected chi connectivity index (χ1v) is 15.6. The molecule has 5 rings (SSSR count). The molecule has 0 saturated carbocycles. The van der Waals surface area contributed by atoms with Crippen molar-refractivity contribution >= 4 is 32.5 Å². The molecule has 8 heteroatoms. The van der Waals surface area contributed by atoms with E-state index in [4.69, 9.17) is 0 Å². The van der Waals surface area contributed by atoms with E-state index in [0.29, 0.717) is 9.79 Å². The fourth-order valence-corrected chi connectivity index (χ4v) is 7.11. The Kier molecular flexibility index (Phi) is 10.0. The van der Waals surface area contributed by atoms with Gasteiger partial charge in [0.05, 0.1) is 0 Å². The Hall–Kier alpha value is -3.74. The standard InChI is InChI=1S/C21H25N2.C13H9NO3S.Ru/c1-14-9-16(3)20(17(4)10-14)22-7-8-23(13-22)21-18(5)11-15(2)12-19(21)6;1-10-4-2-3-5-13(10)18(17)12-8-6-11(7-9-12)14(15)16;/h7-13H,1-6H3;1-9H;/q-1;;+1. The van der Waals surface area contributed by atoms with E-state index in [2.05, 4.69) is 113 Å². The zero-order valence-corrected chi connectivity index (χ0v) is 27.1. The Balaban J connectivity index is 0.000000197. The van der Waals surface area contributed by atoms with Crippen LogP contribution in [0.15, 0.2) is 95.0 Å². The van der Waals surface area contributed by atoms with Crippen LogP contribution in [0.3, 0.4) is 0 Å². The molecule has 1 unspecified atom stereocenters. The van der Waals surface area contributed by atoms with Gasteiger partial charge >= 0.3 is 122 Å². The molecular formula is C34H34N3O3RuS. The molecule has 0 radical (unpaired) electrons. The normalized spacial score (nSPS) is 13.0. The first-order chi connectivity index (χ1) is 20.0. The molecule has 0 N–H and O–H groups in total. The predicted molar refractivity (Wildman–Crippen MR) is 169 cm³/mol. The van der Waals surface area contributed by atoms with E-state index in [-0.39, 0.29) is 5.69 Å². The molecule has 0 aliphatic carbocycles. The number of nitro groups is 1. The van der Waals surface area contributed by atoms with Gasteiger partial charge in [0.1, 0.15) is 0 Å². The third-order valence-electron chi connectivity index (χ3n) is 6.91. The maximum atomic E-state index is 12.4. The van der Waals surface area contributed by atoms with Gasteiger partial charge < -0.3 is 9.80 Å². The maximum absolute atomic E-state index is 12.4. The molecule has 1 aliphatic heterocycles. The van der Waals surface area contributed by atoms with Crippen molar-refractivity contribution in [1.29, 1.82) is 0 Å². The average Bonchev–Trinajstić information content (AvgIpc) is 3.40. The van der Waals surface area contributed by atoms with E-state index in [1.807, 2.05) is 22.8 Å². The molecule has 6 nitrogen and oxygen atoms in total. The average molecular weight is 666 g/mol. The first-order valence-electron chi connectivity index (χ1n) is 13.4. The van der Waals surface area contributed by atoms with E-state index < -0.39 is 15.7 Å². The quantitative estimate of drug-likeness (QED) is 0.0907. The van der Waals surface area contributed by atoms with Gasteiger partial charge in [0.15, 0.2) is 0 Å². The number of nitrogens with zero attached hydrogens (tertiary/aromatic N) is 3. The minimum absolute atomic E-state index is 0.00708. The molecule has 4 aromatic rings. The number of rotatable bonds is 6. The van der Waals surface area contributed by atoms with Crippen molar-refractivity contribution in [2.45, 2.75) is 51.3 Å². The molecule has 0 fully saturated rings. The molecule has 42 heavy (non-hydrogen) atoms. The van der Waals surface area contributed by atoms with Gasteiger partial charge in [0.25, 0.3) is 0 Å². The van der Waals surface area contributed by atoms with Crippen LogP contribution >= 0.6 is 0 Å². The SMILES string of the molecule is Cc1cc(C)c(N2C=CN(c3c(C)cc(C)cc3C)[CH-]2)c(C)c1.O=[N+]([O-])c1ccc(S(=O)c2ccccc2[CH]=[Ru+])cc1. The van der Waals surface area contributed by atoms with E-state index in [0.717, 1.165) is 5.56 Å². The third kappa shape index (κ3) is 7.00.